The lowest BCUT2D eigenvalue weighted by atomic mass is 10.3. The quantitative estimate of drug-likeness (QED) is 0.578. The summed E-state index contributed by atoms with van der Waals surface area (Å²) >= 11 is 5.75. The van der Waals surface area contributed by atoms with Gasteiger partial charge in [0.05, 0.1) is 6.61 Å². The third kappa shape index (κ3) is 5.09. The molecule has 0 aliphatic rings. The van der Waals surface area contributed by atoms with E-state index in [9.17, 15) is 4.79 Å². The van der Waals surface area contributed by atoms with E-state index in [1.165, 1.54) is 0 Å². The molecule has 0 amide bonds. The molecule has 94 valence electrons. The van der Waals surface area contributed by atoms with Crippen LogP contribution in [0.5, 0.6) is 5.75 Å². The van der Waals surface area contributed by atoms with Gasteiger partial charge in [0.2, 0.25) is 0 Å². The van der Waals surface area contributed by atoms with Crippen molar-refractivity contribution in [3.05, 3.63) is 29.3 Å². The fourth-order valence-electron chi connectivity index (χ4n) is 1.20. The minimum Gasteiger partial charge on any atom is -0.479 e. The Bertz CT molecular complexity index is 348. The maximum absolute atomic E-state index is 11.5. The van der Waals surface area contributed by atoms with Gasteiger partial charge in [-0.05, 0) is 37.6 Å². The number of carbonyl (C=O) groups excluding carboxylic acids is 1. The normalized spacial score (nSPS) is 11.9. The number of hydrogen-bond donors (Lipinski definition) is 0. The van der Waals surface area contributed by atoms with Crippen LogP contribution < -0.4 is 4.74 Å². The molecule has 0 heterocycles. The number of rotatable bonds is 6. The van der Waals surface area contributed by atoms with Crippen molar-refractivity contribution >= 4 is 17.6 Å². The summed E-state index contributed by atoms with van der Waals surface area (Å²) in [5.74, 6) is 0.266. The fraction of sp³-hybridized carbons (Fsp3) is 0.462. The van der Waals surface area contributed by atoms with Gasteiger partial charge in [0.25, 0.3) is 0 Å². The van der Waals surface area contributed by atoms with E-state index >= 15 is 0 Å². The predicted molar refractivity (Wildman–Crippen MR) is 67.4 cm³/mol. The van der Waals surface area contributed by atoms with Crippen molar-refractivity contribution < 1.29 is 14.3 Å². The highest BCUT2D eigenvalue weighted by molar-refractivity contribution is 6.30. The summed E-state index contributed by atoms with van der Waals surface area (Å²) < 4.78 is 10.5. The molecule has 0 radical (unpaired) electrons. The van der Waals surface area contributed by atoms with E-state index in [1.54, 1.807) is 31.2 Å². The van der Waals surface area contributed by atoms with Crippen molar-refractivity contribution in [1.82, 2.24) is 0 Å². The van der Waals surface area contributed by atoms with Crippen LogP contribution in [0.25, 0.3) is 0 Å². The van der Waals surface area contributed by atoms with Crippen LogP contribution in [0.4, 0.5) is 0 Å². The van der Waals surface area contributed by atoms with Crippen molar-refractivity contribution in [2.45, 2.75) is 32.8 Å². The van der Waals surface area contributed by atoms with Gasteiger partial charge in [-0.2, -0.15) is 0 Å². The maximum atomic E-state index is 11.5. The molecule has 4 heteroatoms. The molecular formula is C13H17ClO3. The van der Waals surface area contributed by atoms with Crippen LogP contribution in [0.15, 0.2) is 24.3 Å². The zero-order valence-electron chi connectivity index (χ0n) is 10.1. The molecule has 0 N–H and O–H groups in total. The highest BCUT2D eigenvalue weighted by atomic mass is 35.5. The lowest BCUT2D eigenvalue weighted by Gasteiger charge is -2.13. The van der Waals surface area contributed by atoms with E-state index in [-0.39, 0.29) is 5.97 Å². The number of esters is 1. The number of benzene rings is 1. The van der Waals surface area contributed by atoms with Gasteiger partial charge in [-0.1, -0.05) is 24.9 Å². The van der Waals surface area contributed by atoms with E-state index in [0.717, 1.165) is 12.8 Å². The smallest absolute Gasteiger partial charge is 0.347 e. The summed E-state index contributed by atoms with van der Waals surface area (Å²) in [6, 6.07) is 6.87. The average molecular weight is 257 g/mol. The number of halogens is 1. The topological polar surface area (TPSA) is 35.5 Å². The van der Waals surface area contributed by atoms with E-state index in [4.69, 9.17) is 21.1 Å². The van der Waals surface area contributed by atoms with Crippen LogP contribution in [0, 0.1) is 0 Å². The number of carbonyl (C=O) groups is 1. The Balaban J connectivity index is 2.40. The Morgan fingerprint density at radius 1 is 1.35 bits per heavy atom. The second-order valence-electron chi connectivity index (χ2n) is 3.74. The first kappa shape index (κ1) is 13.8. The molecular weight excluding hydrogens is 240 g/mol. The molecule has 0 spiro atoms. The molecule has 1 aromatic carbocycles. The molecule has 1 unspecified atom stereocenters. The fourth-order valence-corrected chi connectivity index (χ4v) is 1.33. The van der Waals surface area contributed by atoms with Crippen LogP contribution in [-0.4, -0.2) is 18.7 Å². The Hall–Kier alpha value is -1.22. The van der Waals surface area contributed by atoms with Crippen molar-refractivity contribution in [3.63, 3.8) is 0 Å². The summed E-state index contributed by atoms with van der Waals surface area (Å²) in [5.41, 5.74) is 0. The Labute approximate surface area is 107 Å². The molecule has 1 aromatic rings. The molecule has 0 saturated carbocycles. The third-order valence-electron chi connectivity index (χ3n) is 2.20. The zero-order chi connectivity index (χ0) is 12.7. The first-order chi connectivity index (χ1) is 8.13. The second-order valence-corrected chi connectivity index (χ2v) is 4.17. The van der Waals surface area contributed by atoms with Crippen LogP contribution >= 0.6 is 11.6 Å². The first-order valence-corrected chi connectivity index (χ1v) is 6.10. The maximum Gasteiger partial charge on any atom is 0.347 e. The van der Waals surface area contributed by atoms with E-state index < -0.39 is 6.10 Å². The highest BCUT2D eigenvalue weighted by Gasteiger charge is 2.15. The summed E-state index contributed by atoms with van der Waals surface area (Å²) in [7, 11) is 0. The molecule has 3 nitrogen and oxygen atoms in total. The van der Waals surface area contributed by atoms with Gasteiger partial charge in [0, 0.05) is 5.02 Å². The first-order valence-electron chi connectivity index (χ1n) is 5.72. The molecule has 0 aliphatic carbocycles. The van der Waals surface area contributed by atoms with Crippen molar-refractivity contribution in [2.24, 2.45) is 0 Å². The van der Waals surface area contributed by atoms with Gasteiger partial charge in [-0.3, -0.25) is 0 Å². The van der Waals surface area contributed by atoms with Gasteiger partial charge >= 0.3 is 5.97 Å². The van der Waals surface area contributed by atoms with Crippen LogP contribution in [0.2, 0.25) is 5.02 Å². The number of unbranched alkanes of at least 4 members (excludes halogenated alkanes) is 1. The lowest BCUT2D eigenvalue weighted by Crippen LogP contribution is -2.26. The average Bonchev–Trinajstić information content (AvgIpc) is 2.32. The van der Waals surface area contributed by atoms with Gasteiger partial charge in [-0.25, -0.2) is 4.79 Å². The summed E-state index contributed by atoms with van der Waals surface area (Å²) in [6.07, 6.45) is 1.27. The van der Waals surface area contributed by atoms with E-state index in [1.807, 2.05) is 6.92 Å². The second kappa shape index (κ2) is 7.17. The molecule has 0 fully saturated rings. The van der Waals surface area contributed by atoms with E-state index in [0.29, 0.717) is 17.4 Å². The van der Waals surface area contributed by atoms with Crippen LogP contribution in [-0.2, 0) is 9.53 Å². The van der Waals surface area contributed by atoms with Gasteiger partial charge in [0.1, 0.15) is 5.75 Å². The molecule has 17 heavy (non-hydrogen) atoms. The van der Waals surface area contributed by atoms with Crippen molar-refractivity contribution in [1.29, 1.82) is 0 Å². The minimum absolute atomic E-state index is 0.339. The number of hydrogen-bond acceptors (Lipinski definition) is 3. The standard InChI is InChI=1S/C13H17ClO3/c1-3-4-9-16-13(15)10(2)17-12-7-5-11(14)6-8-12/h5-8,10H,3-4,9H2,1-2H3. The summed E-state index contributed by atoms with van der Waals surface area (Å²) in [6.45, 7) is 4.16. The molecule has 0 aromatic heterocycles. The van der Waals surface area contributed by atoms with Crippen LogP contribution in [0.3, 0.4) is 0 Å². The number of ether oxygens (including phenoxy) is 2. The highest BCUT2D eigenvalue weighted by Crippen LogP contribution is 2.17. The SMILES string of the molecule is CCCCOC(=O)C(C)Oc1ccc(Cl)cc1. The van der Waals surface area contributed by atoms with Gasteiger partial charge in [-0.15, -0.1) is 0 Å². The van der Waals surface area contributed by atoms with Gasteiger partial charge in [0.15, 0.2) is 6.10 Å². The predicted octanol–water partition coefficient (Wildman–Crippen LogP) is 3.45. The third-order valence-corrected chi connectivity index (χ3v) is 2.45. The van der Waals surface area contributed by atoms with Crippen molar-refractivity contribution in [3.8, 4) is 5.75 Å². The Morgan fingerprint density at radius 3 is 2.59 bits per heavy atom. The Morgan fingerprint density at radius 2 is 2.00 bits per heavy atom. The van der Waals surface area contributed by atoms with Crippen molar-refractivity contribution in [2.75, 3.05) is 6.61 Å². The Kier molecular flexibility index (Phi) is 5.84. The minimum atomic E-state index is -0.604. The van der Waals surface area contributed by atoms with E-state index in [2.05, 4.69) is 0 Å². The molecule has 0 bridgehead atoms. The van der Waals surface area contributed by atoms with Crippen LogP contribution in [0.1, 0.15) is 26.7 Å². The summed E-state index contributed by atoms with van der Waals surface area (Å²) in [4.78, 5) is 11.5. The monoisotopic (exact) mass is 256 g/mol. The molecule has 1 rings (SSSR count). The summed E-state index contributed by atoms with van der Waals surface area (Å²) in [5, 5.41) is 0.635. The molecule has 1 atom stereocenters. The zero-order valence-corrected chi connectivity index (χ0v) is 10.9. The molecule has 0 aliphatic heterocycles. The molecule has 0 saturated heterocycles. The van der Waals surface area contributed by atoms with Gasteiger partial charge < -0.3 is 9.47 Å². The lowest BCUT2D eigenvalue weighted by molar-refractivity contribution is -0.151. The largest absolute Gasteiger partial charge is 0.479 e.